The fraction of sp³-hybridized carbons (Fsp3) is 0.700. The zero-order chi connectivity index (χ0) is 14.4. The predicted octanol–water partition coefficient (Wildman–Crippen LogP) is 6.49. The lowest BCUT2D eigenvalue weighted by atomic mass is 9.68. The SMILES string of the molecule is CCCCC[C@]1(C)CC[C@H](c2ccc(CC)cc2)CC1. The van der Waals surface area contributed by atoms with E-state index in [1.165, 1.54) is 56.9 Å². The lowest BCUT2D eigenvalue weighted by Crippen LogP contribution is -2.23. The van der Waals surface area contributed by atoms with Gasteiger partial charge >= 0.3 is 0 Å². The number of hydrogen-bond acceptors (Lipinski definition) is 0. The molecule has 0 radical (unpaired) electrons. The largest absolute Gasteiger partial charge is 0.0654 e. The maximum absolute atomic E-state index is 2.53. The molecule has 20 heavy (non-hydrogen) atoms. The molecule has 0 amide bonds. The van der Waals surface area contributed by atoms with Crippen LogP contribution < -0.4 is 0 Å². The van der Waals surface area contributed by atoms with Crippen LogP contribution in [0.1, 0.15) is 89.2 Å². The van der Waals surface area contributed by atoms with Crippen LogP contribution in [-0.2, 0) is 6.42 Å². The first kappa shape index (κ1) is 15.6. The first-order valence-corrected chi connectivity index (χ1v) is 8.75. The Kier molecular flexibility index (Phi) is 5.69. The summed E-state index contributed by atoms with van der Waals surface area (Å²) in [5, 5.41) is 0. The van der Waals surface area contributed by atoms with Crippen molar-refractivity contribution in [3.8, 4) is 0 Å². The highest BCUT2D eigenvalue weighted by Crippen LogP contribution is 2.45. The molecule has 0 nitrogen and oxygen atoms in total. The summed E-state index contributed by atoms with van der Waals surface area (Å²) in [7, 11) is 0. The number of hydrogen-bond donors (Lipinski definition) is 0. The van der Waals surface area contributed by atoms with Gasteiger partial charge in [-0.1, -0.05) is 64.3 Å². The molecule has 112 valence electrons. The highest BCUT2D eigenvalue weighted by Gasteiger charge is 2.30. The minimum absolute atomic E-state index is 0.634. The molecule has 0 heteroatoms. The molecule has 0 atom stereocenters. The fourth-order valence-corrected chi connectivity index (χ4v) is 3.73. The monoisotopic (exact) mass is 272 g/mol. The van der Waals surface area contributed by atoms with Crippen LogP contribution in [0.4, 0.5) is 0 Å². The van der Waals surface area contributed by atoms with E-state index in [1.807, 2.05) is 0 Å². The van der Waals surface area contributed by atoms with Crippen molar-refractivity contribution in [1.29, 1.82) is 0 Å². The van der Waals surface area contributed by atoms with Crippen LogP contribution in [0.2, 0.25) is 0 Å². The molecule has 2 rings (SSSR count). The van der Waals surface area contributed by atoms with Crippen molar-refractivity contribution >= 4 is 0 Å². The van der Waals surface area contributed by atoms with Crippen LogP contribution >= 0.6 is 0 Å². The number of unbranched alkanes of at least 4 members (excludes halogenated alkanes) is 2. The van der Waals surface area contributed by atoms with Gasteiger partial charge in [0.05, 0.1) is 0 Å². The Hall–Kier alpha value is -0.780. The zero-order valence-electron chi connectivity index (χ0n) is 13.8. The molecule has 0 heterocycles. The molecule has 1 fully saturated rings. The summed E-state index contributed by atoms with van der Waals surface area (Å²) in [5.74, 6) is 0.820. The normalized spacial score (nSPS) is 26.6. The van der Waals surface area contributed by atoms with E-state index in [0.29, 0.717) is 5.41 Å². The standard InChI is InChI=1S/C20H32/c1-4-6-7-14-20(3)15-12-19(13-16-20)18-10-8-17(5-2)9-11-18/h8-11,19H,4-7,12-16H2,1-3H3/t19-,20+. The van der Waals surface area contributed by atoms with Gasteiger partial charge in [0.1, 0.15) is 0 Å². The average molecular weight is 272 g/mol. The molecule has 0 saturated heterocycles. The Bertz CT molecular complexity index is 379. The minimum atomic E-state index is 0.634. The molecule has 0 bridgehead atoms. The van der Waals surface area contributed by atoms with Crippen molar-refractivity contribution in [2.45, 2.75) is 84.5 Å². The molecule has 1 aromatic carbocycles. The smallest absolute Gasteiger partial charge is 0.0162 e. The second kappa shape index (κ2) is 7.29. The van der Waals surface area contributed by atoms with Gasteiger partial charge in [-0.15, -0.1) is 0 Å². The van der Waals surface area contributed by atoms with E-state index in [1.54, 1.807) is 5.56 Å². The summed E-state index contributed by atoms with van der Waals surface area (Å²) in [6.45, 7) is 7.07. The van der Waals surface area contributed by atoms with Crippen molar-refractivity contribution < 1.29 is 0 Å². The predicted molar refractivity (Wildman–Crippen MR) is 89.3 cm³/mol. The average Bonchev–Trinajstić information content (AvgIpc) is 2.48. The van der Waals surface area contributed by atoms with Gasteiger partial charge in [0.2, 0.25) is 0 Å². The zero-order valence-corrected chi connectivity index (χ0v) is 13.8. The van der Waals surface area contributed by atoms with Crippen molar-refractivity contribution in [1.82, 2.24) is 0 Å². The van der Waals surface area contributed by atoms with E-state index >= 15 is 0 Å². The summed E-state index contributed by atoms with van der Waals surface area (Å²) in [6.07, 6.45) is 12.4. The molecule has 0 N–H and O–H groups in total. The van der Waals surface area contributed by atoms with Gasteiger partial charge in [0.15, 0.2) is 0 Å². The van der Waals surface area contributed by atoms with Crippen LogP contribution in [-0.4, -0.2) is 0 Å². The van der Waals surface area contributed by atoms with Crippen LogP contribution in [0.15, 0.2) is 24.3 Å². The fourth-order valence-electron chi connectivity index (χ4n) is 3.73. The van der Waals surface area contributed by atoms with Crippen molar-refractivity contribution in [2.24, 2.45) is 5.41 Å². The van der Waals surface area contributed by atoms with Gasteiger partial charge in [0, 0.05) is 0 Å². The van der Waals surface area contributed by atoms with Gasteiger partial charge in [-0.3, -0.25) is 0 Å². The molecular weight excluding hydrogens is 240 g/mol. The van der Waals surface area contributed by atoms with Crippen molar-refractivity contribution in [2.75, 3.05) is 0 Å². The number of aryl methyl sites for hydroxylation is 1. The van der Waals surface area contributed by atoms with Gasteiger partial charge in [-0.25, -0.2) is 0 Å². The number of rotatable bonds is 6. The van der Waals surface area contributed by atoms with Gasteiger partial charge < -0.3 is 0 Å². The number of benzene rings is 1. The van der Waals surface area contributed by atoms with Crippen LogP contribution in [0.25, 0.3) is 0 Å². The topological polar surface area (TPSA) is 0 Å². The summed E-state index contributed by atoms with van der Waals surface area (Å²) in [4.78, 5) is 0. The Balaban J connectivity index is 1.86. The highest BCUT2D eigenvalue weighted by atomic mass is 14.4. The lowest BCUT2D eigenvalue weighted by Gasteiger charge is -2.38. The molecule has 0 aliphatic heterocycles. The third kappa shape index (κ3) is 4.11. The van der Waals surface area contributed by atoms with Crippen molar-refractivity contribution in [3.05, 3.63) is 35.4 Å². The van der Waals surface area contributed by atoms with Crippen LogP contribution in [0.5, 0.6) is 0 Å². The molecule has 1 aliphatic carbocycles. The maximum Gasteiger partial charge on any atom is -0.0162 e. The Morgan fingerprint density at radius 2 is 1.65 bits per heavy atom. The third-order valence-corrected chi connectivity index (χ3v) is 5.44. The molecule has 1 aromatic rings. The van der Waals surface area contributed by atoms with Gasteiger partial charge in [-0.2, -0.15) is 0 Å². The Morgan fingerprint density at radius 3 is 2.20 bits per heavy atom. The molecule has 0 unspecified atom stereocenters. The minimum Gasteiger partial charge on any atom is -0.0654 e. The highest BCUT2D eigenvalue weighted by molar-refractivity contribution is 5.25. The van der Waals surface area contributed by atoms with E-state index in [2.05, 4.69) is 45.0 Å². The lowest BCUT2D eigenvalue weighted by molar-refractivity contribution is 0.178. The molecule has 1 saturated carbocycles. The molecule has 0 spiro atoms. The first-order chi connectivity index (χ1) is 9.67. The Morgan fingerprint density at radius 1 is 1.00 bits per heavy atom. The van der Waals surface area contributed by atoms with E-state index < -0.39 is 0 Å². The van der Waals surface area contributed by atoms with E-state index in [0.717, 1.165) is 12.3 Å². The molecular formula is C20H32. The van der Waals surface area contributed by atoms with Crippen molar-refractivity contribution in [3.63, 3.8) is 0 Å². The van der Waals surface area contributed by atoms with Crippen LogP contribution in [0.3, 0.4) is 0 Å². The van der Waals surface area contributed by atoms with Gasteiger partial charge in [-0.05, 0) is 61.0 Å². The van der Waals surface area contributed by atoms with Gasteiger partial charge in [0.25, 0.3) is 0 Å². The summed E-state index contributed by atoms with van der Waals surface area (Å²) in [5.41, 5.74) is 3.68. The molecule has 0 aromatic heterocycles. The second-order valence-corrected chi connectivity index (χ2v) is 7.14. The first-order valence-electron chi connectivity index (χ1n) is 8.75. The van der Waals surface area contributed by atoms with Crippen LogP contribution in [0, 0.1) is 5.41 Å². The second-order valence-electron chi connectivity index (χ2n) is 7.14. The maximum atomic E-state index is 2.53. The summed E-state index contributed by atoms with van der Waals surface area (Å²) >= 11 is 0. The van der Waals surface area contributed by atoms with E-state index in [9.17, 15) is 0 Å². The quantitative estimate of drug-likeness (QED) is 0.519. The van der Waals surface area contributed by atoms with E-state index in [4.69, 9.17) is 0 Å². The summed E-state index contributed by atoms with van der Waals surface area (Å²) in [6, 6.07) is 9.40. The third-order valence-electron chi connectivity index (χ3n) is 5.44. The summed E-state index contributed by atoms with van der Waals surface area (Å²) < 4.78 is 0. The molecule has 1 aliphatic rings. The Labute approximate surface area is 126 Å². The van der Waals surface area contributed by atoms with E-state index in [-0.39, 0.29) is 0 Å².